The van der Waals surface area contributed by atoms with Gasteiger partial charge >= 0.3 is 0 Å². The number of halogens is 1. The van der Waals surface area contributed by atoms with Crippen LogP contribution in [0.2, 0.25) is 5.02 Å². The highest BCUT2D eigenvalue weighted by molar-refractivity contribution is 7.90. The second-order valence-corrected chi connectivity index (χ2v) is 17.2. The van der Waals surface area contributed by atoms with Crippen molar-refractivity contribution in [1.29, 1.82) is 0 Å². The molecular weight excluding hydrogens is 700 g/mol. The van der Waals surface area contributed by atoms with Crippen LogP contribution in [0, 0.1) is 17.8 Å². The lowest BCUT2D eigenvalue weighted by Gasteiger charge is -2.45. The minimum atomic E-state index is -4.07. The van der Waals surface area contributed by atoms with Crippen molar-refractivity contribution in [1.82, 2.24) is 4.72 Å². The molecule has 1 amide bonds. The van der Waals surface area contributed by atoms with Crippen LogP contribution in [-0.4, -0.2) is 77.4 Å². The van der Waals surface area contributed by atoms with E-state index in [1.807, 2.05) is 19.1 Å². The van der Waals surface area contributed by atoms with Crippen molar-refractivity contribution < 1.29 is 32.5 Å². The van der Waals surface area contributed by atoms with Crippen LogP contribution in [0.4, 0.5) is 5.69 Å². The molecule has 1 spiro atoms. The number of carbonyl (C=O) groups is 1. The number of benzene rings is 2. The number of hydrogen-bond acceptors (Lipinski definition) is 8. The number of ether oxygens (including phenoxy) is 3. The lowest BCUT2D eigenvalue weighted by atomic mass is 9.68. The van der Waals surface area contributed by atoms with Crippen LogP contribution >= 0.6 is 11.6 Å². The number of aliphatic hydroxyl groups is 1. The summed E-state index contributed by atoms with van der Waals surface area (Å²) in [6.07, 6.45) is 12.7. The molecule has 0 unspecified atom stereocenters. The van der Waals surface area contributed by atoms with Gasteiger partial charge in [0.15, 0.2) is 0 Å². The van der Waals surface area contributed by atoms with Gasteiger partial charge in [-0.05, 0) is 111 Å². The van der Waals surface area contributed by atoms with Gasteiger partial charge in [0.2, 0.25) is 10.0 Å². The van der Waals surface area contributed by atoms with E-state index in [0.717, 1.165) is 55.7 Å². The molecule has 2 aromatic carbocycles. The number of aliphatic hydroxyl groups excluding tert-OH is 1. The summed E-state index contributed by atoms with van der Waals surface area (Å²) in [5, 5.41) is 11.0. The summed E-state index contributed by atoms with van der Waals surface area (Å²) in [4.78, 5) is 16.1. The monoisotopic (exact) mass is 756 g/mol. The van der Waals surface area contributed by atoms with Crippen LogP contribution in [0.1, 0.15) is 86.7 Å². The van der Waals surface area contributed by atoms with E-state index in [4.69, 9.17) is 25.8 Å². The Bertz CT molecular complexity index is 1670. The lowest BCUT2D eigenvalue weighted by Crippen LogP contribution is -2.49. The van der Waals surface area contributed by atoms with E-state index in [1.54, 1.807) is 31.4 Å². The fourth-order valence-electron chi connectivity index (χ4n) is 8.22. The molecule has 52 heavy (non-hydrogen) atoms. The molecule has 0 aromatic heterocycles. The third-order valence-corrected chi connectivity index (χ3v) is 13.4. The van der Waals surface area contributed by atoms with Crippen molar-refractivity contribution in [2.24, 2.45) is 17.8 Å². The summed E-state index contributed by atoms with van der Waals surface area (Å²) in [6, 6.07) is 11.4. The summed E-state index contributed by atoms with van der Waals surface area (Å²) in [7, 11) is -2.49. The van der Waals surface area contributed by atoms with Gasteiger partial charge in [-0.2, -0.15) is 0 Å². The zero-order valence-corrected chi connectivity index (χ0v) is 32.6. The number of aryl methyl sites for hydroxylation is 1. The van der Waals surface area contributed by atoms with Crippen LogP contribution in [0.5, 0.6) is 5.75 Å². The first-order chi connectivity index (χ1) is 25.0. The van der Waals surface area contributed by atoms with Crippen molar-refractivity contribution in [3.8, 4) is 5.75 Å². The van der Waals surface area contributed by atoms with Gasteiger partial charge in [0.05, 0.1) is 36.9 Å². The van der Waals surface area contributed by atoms with Gasteiger partial charge in [-0.1, -0.05) is 56.2 Å². The standard InChI is InChI=1S/C41H57ClN2O7S/c1-5-7-8-12-37(45)34-16-13-32(34)26-44-27-41(20-9-11-30-24-33(42)15-17-35(30)41)28-51-38-18-14-31(25-36(38)44)40(46)43-52(47,48)39(29(3)10-6-2)19-21-50-23-22-49-4/h6,8,12,14-15,17-18,24-25,29,32,34,37,39,45H,2,5,7,9-11,13,16,19-23,26-28H2,1,3-4H3,(H,43,46)/b12-8+/t29-,32+,34-,37+,39-,41+/m1/s1. The fraction of sp³-hybridized carbons (Fsp3) is 0.585. The van der Waals surface area contributed by atoms with E-state index in [9.17, 15) is 18.3 Å². The zero-order chi connectivity index (χ0) is 37.3. The molecule has 6 atom stereocenters. The summed E-state index contributed by atoms with van der Waals surface area (Å²) >= 11 is 6.45. The number of amides is 1. The van der Waals surface area contributed by atoms with Crippen molar-refractivity contribution in [3.05, 3.63) is 82.9 Å². The molecule has 1 fully saturated rings. The van der Waals surface area contributed by atoms with Gasteiger partial charge < -0.3 is 24.2 Å². The number of anilines is 1. The maximum Gasteiger partial charge on any atom is 0.264 e. The predicted molar refractivity (Wildman–Crippen MR) is 208 cm³/mol. The highest BCUT2D eigenvalue weighted by Gasteiger charge is 2.44. The average molecular weight is 757 g/mol. The van der Waals surface area contributed by atoms with E-state index < -0.39 is 27.3 Å². The number of hydrogen-bond donors (Lipinski definition) is 2. The summed E-state index contributed by atoms with van der Waals surface area (Å²) in [5.41, 5.74) is 3.17. The van der Waals surface area contributed by atoms with Gasteiger partial charge in [-0.15, -0.1) is 6.58 Å². The molecule has 11 heteroatoms. The Labute approximate surface area is 315 Å². The number of rotatable bonds is 18. The largest absolute Gasteiger partial charge is 0.490 e. The van der Waals surface area contributed by atoms with Gasteiger partial charge in [-0.3, -0.25) is 4.79 Å². The second-order valence-electron chi connectivity index (χ2n) is 14.9. The maximum absolute atomic E-state index is 13.8. The number of sulfonamides is 1. The second kappa shape index (κ2) is 18.4. The van der Waals surface area contributed by atoms with Crippen LogP contribution in [0.25, 0.3) is 0 Å². The normalized spacial score (nSPS) is 23.1. The quantitative estimate of drug-likeness (QED) is 0.121. The number of carbonyl (C=O) groups excluding carboxylic acids is 1. The number of allylic oxidation sites excluding steroid dienone is 2. The smallest absolute Gasteiger partial charge is 0.264 e. The number of nitrogens with one attached hydrogen (secondary N) is 1. The van der Waals surface area contributed by atoms with Crippen LogP contribution < -0.4 is 14.4 Å². The first-order valence-corrected chi connectivity index (χ1v) is 20.8. The number of unbranched alkanes of at least 4 members (excludes halogenated alkanes) is 1. The molecule has 1 saturated carbocycles. The predicted octanol–water partition coefficient (Wildman–Crippen LogP) is 7.25. The van der Waals surface area contributed by atoms with Crippen LogP contribution in [0.15, 0.2) is 61.2 Å². The van der Waals surface area contributed by atoms with Crippen molar-refractivity contribution in [2.75, 3.05) is 51.5 Å². The molecule has 1 heterocycles. The zero-order valence-electron chi connectivity index (χ0n) is 31.0. The number of fused-ring (bicyclic) bond motifs is 3. The number of methoxy groups -OCH3 is 1. The highest BCUT2D eigenvalue weighted by atomic mass is 35.5. The Hall–Kier alpha value is -2.89. The van der Waals surface area contributed by atoms with Gasteiger partial charge in [-0.25, -0.2) is 13.1 Å². The molecule has 0 saturated heterocycles. The van der Waals surface area contributed by atoms with Gasteiger partial charge in [0.1, 0.15) is 5.75 Å². The maximum atomic E-state index is 13.8. The molecular formula is C41H57ClN2O7S. The summed E-state index contributed by atoms with van der Waals surface area (Å²) in [5.74, 6) is 0.0694. The topological polar surface area (TPSA) is 114 Å². The van der Waals surface area contributed by atoms with E-state index in [-0.39, 0.29) is 41.8 Å². The fourth-order valence-corrected chi connectivity index (χ4v) is 10.1. The molecule has 2 N–H and O–H groups in total. The molecule has 0 bridgehead atoms. The SMILES string of the molecule is C=CC[C@@H](C)[C@@H](CCOCCOC)S(=O)(=O)NC(=O)c1ccc2c(c1)N(C[C@@H]1CC[C@H]1[C@@H](O)/C=C/CCC)C[C@@]1(CCCc3cc(Cl)ccc31)CO2. The highest BCUT2D eigenvalue weighted by Crippen LogP contribution is 2.46. The minimum Gasteiger partial charge on any atom is -0.490 e. The van der Waals surface area contributed by atoms with E-state index in [2.05, 4.69) is 41.3 Å². The molecule has 0 radical (unpaired) electrons. The third kappa shape index (κ3) is 9.61. The minimum absolute atomic E-state index is 0.138. The first kappa shape index (κ1) is 40.3. The van der Waals surface area contributed by atoms with Gasteiger partial charge in [0, 0.05) is 42.8 Å². The van der Waals surface area contributed by atoms with Crippen LogP contribution in [-0.2, 0) is 31.3 Å². The average Bonchev–Trinajstić information content (AvgIpc) is 3.24. The van der Waals surface area contributed by atoms with Crippen molar-refractivity contribution in [3.63, 3.8) is 0 Å². The molecule has 5 rings (SSSR count). The van der Waals surface area contributed by atoms with Crippen molar-refractivity contribution >= 4 is 33.2 Å². The molecule has 3 aliphatic rings. The van der Waals surface area contributed by atoms with E-state index in [1.165, 1.54) is 11.1 Å². The van der Waals surface area contributed by atoms with E-state index in [0.29, 0.717) is 45.1 Å². The first-order valence-electron chi connectivity index (χ1n) is 18.9. The molecule has 2 aliphatic carbocycles. The Kier molecular flexibility index (Phi) is 14.3. The number of nitrogens with zero attached hydrogens (tertiary/aromatic N) is 1. The Balaban J connectivity index is 1.43. The Morgan fingerprint density at radius 2 is 2.04 bits per heavy atom. The van der Waals surface area contributed by atoms with Crippen molar-refractivity contribution in [2.45, 2.75) is 88.4 Å². The van der Waals surface area contributed by atoms with Gasteiger partial charge in [0.25, 0.3) is 5.91 Å². The summed E-state index contributed by atoms with van der Waals surface area (Å²) < 4.78 is 47.2. The molecule has 2 aromatic rings. The summed E-state index contributed by atoms with van der Waals surface area (Å²) in [6.45, 7) is 10.6. The Morgan fingerprint density at radius 1 is 1.21 bits per heavy atom. The molecule has 1 aliphatic heterocycles. The Morgan fingerprint density at radius 3 is 2.77 bits per heavy atom. The lowest BCUT2D eigenvalue weighted by molar-refractivity contribution is 0.0456. The van der Waals surface area contributed by atoms with E-state index >= 15 is 0 Å². The third-order valence-electron chi connectivity index (χ3n) is 11.2. The van der Waals surface area contributed by atoms with Crippen LogP contribution in [0.3, 0.4) is 0 Å². The molecule has 9 nitrogen and oxygen atoms in total. The molecule has 286 valence electrons.